The lowest BCUT2D eigenvalue weighted by Gasteiger charge is -2.28. The molecular formula is C16H18N6OS. The van der Waals surface area contributed by atoms with Crippen molar-refractivity contribution >= 4 is 33.3 Å². The molecule has 1 aliphatic rings. The van der Waals surface area contributed by atoms with E-state index < -0.39 is 0 Å². The van der Waals surface area contributed by atoms with Crippen molar-refractivity contribution in [1.29, 1.82) is 0 Å². The molecule has 8 heteroatoms. The van der Waals surface area contributed by atoms with Crippen LogP contribution in [0, 0.1) is 13.8 Å². The maximum absolute atomic E-state index is 12.0. The highest BCUT2D eigenvalue weighted by Crippen LogP contribution is 2.36. The molecule has 4 heterocycles. The van der Waals surface area contributed by atoms with Gasteiger partial charge in [-0.05, 0) is 19.4 Å². The van der Waals surface area contributed by atoms with Gasteiger partial charge in [0.1, 0.15) is 17.0 Å². The van der Waals surface area contributed by atoms with E-state index in [0.29, 0.717) is 12.2 Å². The molecule has 3 aromatic rings. The molecule has 0 atom stereocenters. The SMILES string of the molecule is CNC(=O)c1n[nH]c2c1CN(c1ncnc3sc(C)c(C)c13)CC2. The van der Waals surface area contributed by atoms with E-state index in [9.17, 15) is 4.79 Å². The maximum atomic E-state index is 12.0. The molecule has 0 spiro atoms. The number of carbonyl (C=O) groups is 1. The second kappa shape index (κ2) is 5.55. The molecule has 0 radical (unpaired) electrons. The second-order valence-corrected chi connectivity index (χ2v) is 7.14. The number of hydrogen-bond acceptors (Lipinski definition) is 6. The van der Waals surface area contributed by atoms with Gasteiger partial charge in [0.05, 0.1) is 5.39 Å². The zero-order valence-corrected chi connectivity index (χ0v) is 14.6. The fourth-order valence-corrected chi connectivity index (χ4v) is 4.18. The summed E-state index contributed by atoms with van der Waals surface area (Å²) >= 11 is 1.70. The molecule has 124 valence electrons. The van der Waals surface area contributed by atoms with Gasteiger partial charge in [-0.1, -0.05) is 0 Å². The molecule has 7 nitrogen and oxygen atoms in total. The van der Waals surface area contributed by atoms with E-state index in [-0.39, 0.29) is 5.91 Å². The Kier molecular flexibility index (Phi) is 3.49. The van der Waals surface area contributed by atoms with Crippen LogP contribution in [0.1, 0.15) is 32.2 Å². The molecule has 0 bridgehead atoms. The van der Waals surface area contributed by atoms with Gasteiger partial charge < -0.3 is 10.2 Å². The fourth-order valence-electron chi connectivity index (χ4n) is 3.19. The quantitative estimate of drug-likeness (QED) is 0.743. The van der Waals surface area contributed by atoms with Gasteiger partial charge in [0.2, 0.25) is 0 Å². The minimum absolute atomic E-state index is 0.162. The molecular weight excluding hydrogens is 324 g/mol. The van der Waals surface area contributed by atoms with E-state index in [2.05, 4.69) is 44.2 Å². The number of fused-ring (bicyclic) bond motifs is 2. The van der Waals surface area contributed by atoms with Crippen molar-refractivity contribution in [3.63, 3.8) is 0 Å². The lowest BCUT2D eigenvalue weighted by Crippen LogP contribution is -2.32. The molecule has 1 amide bonds. The number of H-pyrrole nitrogens is 1. The summed E-state index contributed by atoms with van der Waals surface area (Å²) < 4.78 is 0. The number of hydrogen-bond donors (Lipinski definition) is 2. The smallest absolute Gasteiger partial charge is 0.271 e. The third kappa shape index (κ3) is 2.17. The second-order valence-electron chi connectivity index (χ2n) is 5.94. The van der Waals surface area contributed by atoms with Crippen molar-refractivity contribution in [2.45, 2.75) is 26.8 Å². The summed E-state index contributed by atoms with van der Waals surface area (Å²) in [6.45, 7) is 5.68. The van der Waals surface area contributed by atoms with Crippen molar-refractivity contribution < 1.29 is 4.79 Å². The van der Waals surface area contributed by atoms with Crippen LogP contribution in [0.4, 0.5) is 5.82 Å². The fraction of sp³-hybridized carbons (Fsp3) is 0.375. The molecule has 0 aliphatic carbocycles. The highest BCUT2D eigenvalue weighted by atomic mass is 32.1. The van der Waals surface area contributed by atoms with Crippen LogP contribution in [0.15, 0.2) is 6.33 Å². The van der Waals surface area contributed by atoms with Gasteiger partial charge in [0, 0.05) is 42.7 Å². The number of rotatable bonds is 2. The van der Waals surface area contributed by atoms with Crippen LogP contribution in [0.2, 0.25) is 0 Å². The van der Waals surface area contributed by atoms with Crippen LogP contribution in [0.25, 0.3) is 10.2 Å². The Morgan fingerprint density at radius 3 is 3.00 bits per heavy atom. The number of amides is 1. The highest BCUT2D eigenvalue weighted by Gasteiger charge is 2.27. The molecule has 0 unspecified atom stereocenters. The number of aromatic nitrogens is 4. The Hall–Kier alpha value is -2.48. The summed E-state index contributed by atoms with van der Waals surface area (Å²) in [5, 5.41) is 11.0. The van der Waals surface area contributed by atoms with Gasteiger partial charge in [-0.25, -0.2) is 9.97 Å². The number of thiophene rings is 1. The van der Waals surface area contributed by atoms with Crippen molar-refractivity contribution in [2.75, 3.05) is 18.5 Å². The zero-order valence-electron chi connectivity index (χ0n) is 13.8. The molecule has 0 saturated carbocycles. The summed E-state index contributed by atoms with van der Waals surface area (Å²) in [5.41, 5.74) is 3.70. The molecule has 0 saturated heterocycles. The van der Waals surface area contributed by atoms with E-state index in [1.807, 2.05) is 0 Å². The number of aryl methyl sites for hydroxylation is 2. The summed E-state index contributed by atoms with van der Waals surface area (Å²) in [6.07, 6.45) is 2.44. The van der Waals surface area contributed by atoms with Gasteiger partial charge in [0.25, 0.3) is 5.91 Å². The van der Waals surface area contributed by atoms with Crippen LogP contribution in [-0.2, 0) is 13.0 Å². The third-order valence-electron chi connectivity index (χ3n) is 4.62. The van der Waals surface area contributed by atoms with Crippen molar-refractivity contribution in [3.05, 3.63) is 33.7 Å². The largest absolute Gasteiger partial charge is 0.354 e. The van der Waals surface area contributed by atoms with Crippen LogP contribution < -0.4 is 10.2 Å². The Bertz CT molecular complexity index is 944. The van der Waals surface area contributed by atoms with Crippen molar-refractivity contribution in [2.24, 2.45) is 0 Å². The number of nitrogens with zero attached hydrogens (tertiary/aromatic N) is 4. The highest BCUT2D eigenvalue weighted by molar-refractivity contribution is 7.18. The predicted octanol–water partition coefficient (Wildman–Crippen LogP) is 1.95. The lowest BCUT2D eigenvalue weighted by molar-refractivity contribution is 0.0957. The Morgan fingerprint density at radius 1 is 1.38 bits per heavy atom. The van der Waals surface area contributed by atoms with E-state index in [1.165, 1.54) is 10.4 Å². The monoisotopic (exact) mass is 342 g/mol. The van der Waals surface area contributed by atoms with Crippen LogP contribution >= 0.6 is 11.3 Å². The van der Waals surface area contributed by atoms with Crippen LogP contribution in [0.5, 0.6) is 0 Å². The summed E-state index contributed by atoms with van der Waals surface area (Å²) in [4.78, 5) is 25.5. The minimum atomic E-state index is -0.162. The minimum Gasteiger partial charge on any atom is -0.354 e. The predicted molar refractivity (Wildman–Crippen MR) is 93.6 cm³/mol. The third-order valence-corrected chi connectivity index (χ3v) is 5.74. The molecule has 24 heavy (non-hydrogen) atoms. The van der Waals surface area contributed by atoms with E-state index in [1.54, 1.807) is 24.7 Å². The number of carbonyl (C=O) groups excluding carboxylic acids is 1. The normalized spacial score (nSPS) is 14.0. The number of aromatic amines is 1. The van der Waals surface area contributed by atoms with Crippen molar-refractivity contribution in [1.82, 2.24) is 25.5 Å². The van der Waals surface area contributed by atoms with Crippen LogP contribution in [-0.4, -0.2) is 39.7 Å². The van der Waals surface area contributed by atoms with Gasteiger partial charge in [0.15, 0.2) is 5.69 Å². The van der Waals surface area contributed by atoms with Crippen LogP contribution in [0.3, 0.4) is 0 Å². The molecule has 0 fully saturated rings. The Morgan fingerprint density at radius 2 is 2.21 bits per heavy atom. The van der Waals surface area contributed by atoms with E-state index in [4.69, 9.17) is 0 Å². The topological polar surface area (TPSA) is 86.8 Å². The van der Waals surface area contributed by atoms with Crippen molar-refractivity contribution in [3.8, 4) is 0 Å². The van der Waals surface area contributed by atoms with Gasteiger partial charge >= 0.3 is 0 Å². The standard InChI is InChI=1S/C16H18N6OS/c1-8-9(2)24-16-12(8)14(18-7-19-16)22-5-4-11-10(6-22)13(21-20-11)15(23)17-3/h7H,4-6H2,1-3H3,(H,17,23)(H,20,21). The summed E-state index contributed by atoms with van der Waals surface area (Å²) in [5.74, 6) is 0.779. The molecule has 3 aromatic heterocycles. The average molecular weight is 342 g/mol. The first-order valence-electron chi connectivity index (χ1n) is 7.84. The molecule has 4 rings (SSSR count). The summed E-state index contributed by atoms with van der Waals surface area (Å²) in [6, 6.07) is 0. The first-order valence-corrected chi connectivity index (χ1v) is 8.65. The molecule has 0 aromatic carbocycles. The molecule has 1 aliphatic heterocycles. The maximum Gasteiger partial charge on any atom is 0.271 e. The number of anilines is 1. The first kappa shape index (κ1) is 15.1. The first-order chi connectivity index (χ1) is 11.6. The lowest BCUT2D eigenvalue weighted by atomic mass is 10.0. The van der Waals surface area contributed by atoms with E-state index >= 15 is 0 Å². The summed E-state index contributed by atoms with van der Waals surface area (Å²) in [7, 11) is 1.62. The average Bonchev–Trinajstić information content (AvgIpc) is 3.15. The Balaban J connectivity index is 1.78. The van der Waals surface area contributed by atoms with Gasteiger partial charge in [-0.2, -0.15) is 5.10 Å². The van der Waals surface area contributed by atoms with Gasteiger partial charge in [-0.3, -0.25) is 9.89 Å². The van der Waals surface area contributed by atoms with Gasteiger partial charge in [-0.15, -0.1) is 11.3 Å². The van der Waals surface area contributed by atoms with E-state index in [0.717, 1.165) is 40.3 Å². The zero-order chi connectivity index (χ0) is 16.8. The molecule has 2 N–H and O–H groups in total. The number of nitrogens with one attached hydrogen (secondary N) is 2. The Labute approximate surface area is 143 Å².